The van der Waals surface area contributed by atoms with Crippen LogP contribution in [0, 0.1) is 25.2 Å². The molecule has 0 amide bonds. The Morgan fingerprint density at radius 1 is 1.15 bits per heavy atom. The summed E-state index contributed by atoms with van der Waals surface area (Å²) in [6.45, 7) is 6.22. The number of hydrogen-bond acceptors (Lipinski definition) is 4. The van der Waals surface area contributed by atoms with Crippen molar-refractivity contribution in [1.82, 2.24) is 18.9 Å². The second-order valence-corrected chi connectivity index (χ2v) is 6.12. The number of rotatable bonds is 4. The van der Waals surface area contributed by atoms with Crippen molar-refractivity contribution in [1.29, 1.82) is 5.26 Å². The largest absolute Gasteiger partial charge is 0.331 e. The quantitative estimate of drug-likeness (QED) is 0.718. The Kier molecular flexibility index (Phi) is 4.59. The monoisotopic (exact) mass is 349 g/mol. The molecule has 7 heteroatoms. The van der Waals surface area contributed by atoms with Gasteiger partial charge in [0.1, 0.15) is 11.6 Å². The van der Waals surface area contributed by atoms with Crippen LogP contribution in [0.2, 0.25) is 0 Å². The topological polar surface area (TPSA) is 85.6 Å². The van der Waals surface area contributed by atoms with Crippen LogP contribution >= 0.6 is 0 Å². The highest BCUT2D eigenvalue weighted by atomic mass is 16.2. The molecular formula is C19H19N5O2. The molecule has 132 valence electrons. The van der Waals surface area contributed by atoms with E-state index in [1.54, 1.807) is 6.92 Å². The van der Waals surface area contributed by atoms with Crippen LogP contribution in [0.15, 0.2) is 46.1 Å². The third-order valence-corrected chi connectivity index (χ3v) is 4.23. The van der Waals surface area contributed by atoms with E-state index in [1.165, 1.54) is 10.8 Å². The van der Waals surface area contributed by atoms with Crippen molar-refractivity contribution in [3.05, 3.63) is 79.9 Å². The lowest BCUT2D eigenvalue weighted by Gasteiger charge is -2.10. The van der Waals surface area contributed by atoms with Crippen LogP contribution < -0.4 is 11.2 Å². The predicted molar refractivity (Wildman–Crippen MR) is 97.5 cm³/mol. The van der Waals surface area contributed by atoms with Crippen molar-refractivity contribution in [3.63, 3.8) is 0 Å². The van der Waals surface area contributed by atoms with E-state index in [0.717, 1.165) is 27.2 Å². The summed E-state index contributed by atoms with van der Waals surface area (Å²) >= 11 is 0. The maximum Gasteiger partial charge on any atom is 0.331 e. The Labute approximate surface area is 150 Å². The van der Waals surface area contributed by atoms with Crippen molar-refractivity contribution < 1.29 is 0 Å². The summed E-state index contributed by atoms with van der Waals surface area (Å²) in [6.07, 6.45) is 1.31. The molecule has 7 nitrogen and oxygen atoms in total. The molecule has 0 radical (unpaired) electrons. The maximum absolute atomic E-state index is 12.4. The van der Waals surface area contributed by atoms with E-state index >= 15 is 0 Å². The summed E-state index contributed by atoms with van der Waals surface area (Å²) in [7, 11) is 0. The van der Waals surface area contributed by atoms with Gasteiger partial charge < -0.3 is 0 Å². The number of benzene rings is 1. The van der Waals surface area contributed by atoms with Gasteiger partial charge in [-0.2, -0.15) is 10.4 Å². The highest BCUT2D eigenvalue weighted by Gasteiger charge is 2.11. The van der Waals surface area contributed by atoms with E-state index in [2.05, 4.69) is 5.10 Å². The number of aromatic nitrogens is 4. The number of hydrogen-bond donors (Lipinski definition) is 0. The minimum absolute atomic E-state index is 0.0364. The normalized spacial score (nSPS) is 10.7. The molecule has 0 fully saturated rings. The second kappa shape index (κ2) is 6.84. The molecular weight excluding hydrogens is 330 g/mol. The van der Waals surface area contributed by atoms with Crippen LogP contribution in [0.25, 0.3) is 5.69 Å². The minimum atomic E-state index is -0.565. The standard InChI is InChI=1S/C19H19N5O2/c1-4-22-12-16(10-20)18(25)23(19(22)26)11-15-5-7-17(8-6-15)24-14(3)9-13(2)21-24/h5-9,12H,4,11H2,1-3H3. The third kappa shape index (κ3) is 3.09. The van der Waals surface area contributed by atoms with Crippen LogP contribution in [0.3, 0.4) is 0 Å². The lowest BCUT2D eigenvalue weighted by molar-refractivity contribution is 0.597. The van der Waals surface area contributed by atoms with Gasteiger partial charge in [-0.05, 0) is 44.5 Å². The minimum Gasteiger partial charge on any atom is -0.299 e. The van der Waals surface area contributed by atoms with Gasteiger partial charge in [-0.15, -0.1) is 0 Å². The molecule has 3 aromatic rings. The van der Waals surface area contributed by atoms with E-state index in [9.17, 15) is 9.59 Å². The molecule has 2 heterocycles. The highest BCUT2D eigenvalue weighted by Crippen LogP contribution is 2.13. The van der Waals surface area contributed by atoms with Gasteiger partial charge in [-0.1, -0.05) is 12.1 Å². The van der Waals surface area contributed by atoms with Gasteiger partial charge in [0, 0.05) is 18.4 Å². The fourth-order valence-electron chi connectivity index (χ4n) is 2.91. The first kappa shape index (κ1) is 17.4. The summed E-state index contributed by atoms with van der Waals surface area (Å²) in [6, 6.07) is 11.4. The first-order valence-corrected chi connectivity index (χ1v) is 8.31. The van der Waals surface area contributed by atoms with E-state index in [1.807, 2.05) is 54.9 Å². The van der Waals surface area contributed by atoms with Crippen LogP contribution in [0.4, 0.5) is 0 Å². The molecule has 0 aliphatic carbocycles. The molecule has 26 heavy (non-hydrogen) atoms. The van der Waals surface area contributed by atoms with E-state index < -0.39 is 11.2 Å². The van der Waals surface area contributed by atoms with Crippen LogP contribution in [0.1, 0.15) is 29.4 Å². The van der Waals surface area contributed by atoms with Gasteiger partial charge >= 0.3 is 5.69 Å². The van der Waals surface area contributed by atoms with Gasteiger partial charge in [-0.25, -0.2) is 9.48 Å². The Balaban J connectivity index is 1.98. The fourth-order valence-corrected chi connectivity index (χ4v) is 2.91. The molecule has 0 aliphatic heterocycles. The smallest absolute Gasteiger partial charge is 0.299 e. The summed E-state index contributed by atoms with van der Waals surface area (Å²) in [4.78, 5) is 24.8. The van der Waals surface area contributed by atoms with Crippen molar-refractivity contribution in [2.75, 3.05) is 0 Å². The highest BCUT2D eigenvalue weighted by molar-refractivity contribution is 5.36. The van der Waals surface area contributed by atoms with Crippen LogP contribution in [-0.4, -0.2) is 18.9 Å². The molecule has 0 saturated carbocycles. The lowest BCUT2D eigenvalue weighted by atomic mass is 10.2. The average Bonchev–Trinajstić information content (AvgIpc) is 2.97. The number of nitriles is 1. The van der Waals surface area contributed by atoms with Crippen molar-refractivity contribution in [2.24, 2.45) is 0 Å². The first-order chi connectivity index (χ1) is 12.4. The Hall–Kier alpha value is -3.40. The summed E-state index contributed by atoms with van der Waals surface area (Å²) < 4.78 is 4.30. The molecule has 0 atom stereocenters. The fraction of sp³-hybridized carbons (Fsp3) is 0.263. The zero-order valence-corrected chi connectivity index (χ0v) is 14.9. The molecule has 0 aliphatic rings. The van der Waals surface area contributed by atoms with Crippen LogP contribution in [0.5, 0.6) is 0 Å². The average molecular weight is 349 g/mol. The van der Waals surface area contributed by atoms with Gasteiger partial charge in [-0.3, -0.25) is 13.9 Å². The summed E-state index contributed by atoms with van der Waals surface area (Å²) in [5.41, 5.74) is 2.65. The molecule has 0 saturated heterocycles. The summed E-state index contributed by atoms with van der Waals surface area (Å²) in [5, 5.41) is 13.6. The van der Waals surface area contributed by atoms with E-state index in [0.29, 0.717) is 6.54 Å². The molecule has 0 unspecified atom stereocenters. The van der Waals surface area contributed by atoms with E-state index in [4.69, 9.17) is 5.26 Å². The van der Waals surface area contributed by atoms with Gasteiger partial charge in [0.05, 0.1) is 17.9 Å². The maximum atomic E-state index is 12.4. The molecule has 0 spiro atoms. The third-order valence-electron chi connectivity index (χ3n) is 4.23. The molecule has 0 N–H and O–H groups in total. The van der Waals surface area contributed by atoms with Gasteiger partial charge in [0.15, 0.2) is 0 Å². The van der Waals surface area contributed by atoms with Crippen molar-refractivity contribution in [3.8, 4) is 11.8 Å². The van der Waals surface area contributed by atoms with Crippen LogP contribution in [-0.2, 0) is 13.1 Å². The summed E-state index contributed by atoms with van der Waals surface area (Å²) in [5.74, 6) is 0. The lowest BCUT2D eigenvalue weighted by Crippen LogP contribution is -2.40. The zero-order chi connectivity index (χ0) is 18.8. The molecule has 3 rings (SSSR count). The zero-order valence-electron chi connectivity index (χ0n) is 14.9. The van der Waals surface area contributed by atoms with E-state index in [-0.39, 0.29) is 12.1 Å². The van der Waals surface area contributed by atoms with Gasteiger partial charge in [0.25, 0.3) is 5.56 Å². The number of aryl methyl sites for hydroxylation is 3. The van der Waals surface area contributed by atoms with Gasteiger partial charge in [0.2, 0.25) is 0 Å². The van der Waals surface area contributed by atoms with Crippen molar-refractivity contribution in [2.45, 2.75) is 33.9 Å². The Bertz CT molecular complexity index is 1110. The molecule has 1 aromatic carbocycles. The number of nitrogens with zero attached hydrogens (tertiary/aromatic N) is 5. The molecule has 2 aromatic heterocycles. The predicted octanol–water partition coefficient (Wildman–Crippen LogP) is 1.75. The Morgan fingerprint density at radius 3 is 2.38 bits per heavy atom. The first-order valence-electron chi connectivity index (χ1n) is 8.31. The SMILES string of the molecule is CCn1cc(C#N)c(=O)n(Cc2ccc(-n3nc(C)cc3C)cc2)c1=O. The Morgan fingerprint density at radius 2 is 1.85 bits per heavy atom. The second-order valence-electron chi connectivity index (χ2n) is 6.12. The molecule has 0 bridgehead atoms. The van der Waals surface area contributed by atoms with Crippen molar-refractivity contribution >= 4 is 0 Å².